The lowest BCUT2D eigenvalue weighted by Crippen LogP contribution is -2.43. The van der Waals surface area contributed by atoms with Crippen molar-refractivity contribution in [1.29, 1.82) is 0 Å². The number of nitrogens with one attached hydrogen (secondary N) is 1. The highest BCUT2D eigenvalue weighted by Gasteiger charge is 2.31. The molecule has 0 spiro atoms. The molecule has 1 aliphatic heterocycles. The number of rotatable bonds is 4. The molecule has 2 fully saturated rings. The normalized spacial score (nSPS) is 20.7. The topological polar surface area (TPSA) is 102 Å². The SMILES string of the molecule is CC1CN(c2nc(-c3ccc(Cl)cc3F)c3cn[nH]c(=O)c3n2)CC(c2cnn(C3CC3)c2)O1. The van der Waals surface area contributed by atoms with Gasteiger partial charge in [-0.15, -0.1) is 0 Å². The van der Waals surface area contributed by atoms with Crippen LogP contribution in [0.3, 0.4) is 0 Å². The van der Waals surface area contributed by atoms with Crippen molar-refractivity contribution in [3.63, 3.8) is 0 Å². The molecule has 0 radical (unpaired) electrons. The summed E-state index contributed by atoms with van der Waals surface area (Å²) in [4.78, 5) is 23.8. The Kier molecular flexibility index (Phi) is 5.07. The molecular weight excluding hydrogens is 461 g/mol. The molecule has 4 heterocycles. The minimum absolute atomic E-state index is 0.117. The Balaban J connectivity index is 1.43. The van der Waals surface area contributed by atoms with Gasteiger partial charge in [0.2, 0.25) is 5.95 Å². The Morgan fingerprint density at radius 1 is 1.21 bits per heavy atom. The Morgan fingerprint density at radius 3 is 2.85 bits per heavy atom. The first-order valence-electron chi connectivity index (χ1n) is 11.1. The number of aromatic amines is 1. The summed E-state index contributed by atoms with van der Waals surface area (Å²) in [6.07, 6.45) is 7.24. The van der Waals surface area contributed by atoms with Crippen LogP contribution < -0.4 is 10.5 Å². The summed E-state index contributed by atoms with van der Waals surface area (Å²) in [6, 6.07) is 4.82. The second kappa shape index (κ2) is 8.14. The second-order valence-electron chi connectivity index (χ2n) is 8.78. The molecule has 9 nitrogen and oxygen atoms in total. The highest BCUT2D eigenvalue weighted by Crippen LogP contribution is 2.36. The first-order chi connectivity index (χ1) is 16.5. The first kappa shape index (κ1) is 21.2. The minimum Gasteiger partial charge on any atom is -0.367 e. The predicted molar refractivity (Wildman–Crippen MR) is 124 cm³/mol. The Hall–Kier alpha value is -3.37. The number of fused-ring (bicyclic) bond motifs is 1. The Morgan fingerprint density at radius 2 is 2.06 bits per heavy atom. The van der Waals surface area contributed by atoms with Gasteiger partial charge < -0.3 is 9.64 Å². The van der Waals surface area contributed by atoms with Gasteiger partial charge in [0.25, 0.3) is 5.56 Å². The number of nitrogens with zero attached hydrogens (tertiary/aromatic N) is 6. The maximum Gasteiger partial charge on any atom is 0.290 e. The van der Waals surface area contributed by atoms with E-state index in [2.05, 4.69) is 20.3 Å². The molecule has 174 valence electrons. The first-order valence-corrected chi connectivity index (χ1v) is 11.5. The summed E-state index contributed by atoms with van der Waals surface area (Å²) in [5, 5.41) is 11.4. The molecule has 1 aliphatic carbocycles. The van der Waals surface area contributed by atoms with Gasteiger partial charge in [-0.1, -0.05) is 11.6 Å². The zero-order valence-electron chi connectivity index (χ0n) is 18.3. The van der Waals surface area contributed by atoms with Crippen molar-refractivity contribution in [2.45, 2.75) is 38.0 Å². The quantitative estimate of drug-likeness (QED) is 0.474. The number of halogens is 2. The highest BCUT2D eigenvalue weighted by molar-refractivity contribution is 6.30. The van der Waals surface area contributed by atoms with Crippen LogP contribution in [-0.4, -0.2) is 49.1 Å². The van der Waals surface area contributed by atoms with E-state index in [-0.39, 0.29) is 34.0 Å². The largest absolute Gasteiger partial charge is 0.367 e. The van der Waals surface area contributed by atoms with Crippen LogP contribution in [0.5, 0.6) is 0 Å². The van der Waals surface area contributed by atoms with Crippen LogP contribution in [0.25, 0.3) is 22.2 Å². The number of hydrogen-bond donors (Lipinski definition) is 1. The van der Waals surface area contributed by atoms with E-state index in [9.17, 15) is 9.18 Å². The van der Waals surface area contributed by atoms with E-state index in [0.717, 1.165) is 18.4 Å². The molecule has 0 bridgehead atoms. The molecule has 0 amide bonds. The van der Waals surface area contributed by atoms with Crippen LogP contribution in [0.15, 0.2) is 41.6 Å². The lowest BCUT2D eigenvalue weighted by atomic mass is 10.1. The fraction of sp³-hybridized carbons (Fsp3) is 0.348. The third kappa shape index (κ3) is 3.82. The molecule has 1 N–H and O–H groups in total. The van der Waals surface area contributed by atoms with Crippen molar-refractivity contribution in [2.24, 2.45) is 0 Å². The molecule has 3 aromatic heterocycles. The van der Waals surface area contributed by atoms with Crippen LogP contribution in [-0.2, 0) is 4.74 Å². The van der Waals surface area contributed by atoms with E-state index in [1.54, 1.807) is 12.1 Å². The lowest BCUT2D eigenvalue weighted by molar-refractivity contribution is -0.0178. The van der Waals surface area contributed by atoms with E-state index < -0.39 is 11.4 Å². The maximum absolute atomic E-state index is 14.9. The third-order valence-corrected chi connectivity index (χ3v) is 6.39. The van der Waals surface area contributed by atoms with Crippen molar-refractivity contribution in [2.75, 3.05) is 18.0 Å². The molecule has 1 aromatic carbocycles. The van der Waals surface area contributed by atoms with Crippen molar-refractivity contribution >= 4 is 28.5 Å². The molecule has 2 unspecified atom stereocenters. The van der Waals surface area contributed by atoms with Crippen molar-refractivity contribution in [3.05, 3.63) is 63.5 Å². The van der Waals surface area contributed by atoms with Crippen LogP contribution in [0.1, 0.15) is 37.5 Å². The number of morpholine rings is 1. The van der Waals surface area contributed by atoms with Gasteiger partial charge in [0, 0.05) is 28.9 Å². The lowest BCUT2D eigenvalue weighted by Gasteiger charge is -2.36. The molecule has 1 saturated carbocycles. The average Bonchev–Trinajstić information content (AvgIpc) is 3.55. The van der Waals surface area contributed by atoms with Crippen LogP contribution in [0.4, 0.5) is 10.3 Å². The summed E-state index contributed by atoms with van der Waals surface area (Å²) < 4.78 is 23.0. The number of H-pyrrole nitrogens is 1. The molecule has 34 heavy (non-hydrogen) atoms. The zero-order chi connectivity index (χ0) is 23.4. The maximum atomic E-state index is 14.9. The van der Waals surface area contributed by atoms with Crippen LogP contribution >= 0.6 is 11.6 Å². The van der Waals surface area contributed by atoms with Crippen molar-refractivity contribution in [3.8, 4) is 11.3 Å². The smallest absolute Gasteiger partial charge is 0.290 e. The molecule has 2 atom stereocenters. The summed E-state index contributed by atoms with van der Waals surface area (Å²) >= 11 is 5.95. The van der Waals surface area contributed by atoms with E-state index in [1.165, 1.54) is 12.3 Å². The van der Waals surface area contributed by atoms with E-state index in [4.69, 9.17) is 21.3 Å². The third-order valence-electron chi connectivity index (χ3n) is 6.15. The van der Waals surface area contributed by atoms with Gasteiger partial charge in [0.1, 0.15) is 17.4 Å². The monoisotopic (exact) mass is 481 g/mol. The summed E-state index contributed by atoms with van der Waals surface area (Å²) in [6.45, 7) is 2.96. The molecule has 2 aliphatic rings. The summed E-state index contributed by atoms with van der Waals surface area (Å²) in [5.74, 6) is -0.220. The Labute approximate surface area is 198 Å². The van der Waals surface area contributed by atoms with Gasteiger partial charge in [-0.2, -0.15) is 10.2 Å². The molecule has 6 rings (SSSR count). The van der Waals surface area contributed by atoms with Gasteiger partial charge in [-0.3, -0.25) is 9.48 Å². The fourth-order valence-electron chi connectivity index (χ4n) is 4.35. The summed E-state index contributed by atoms with van der Waals surface area (Å²) in [7, 11) is 0. The van der Waals surface area contributed by atoms with Crippen LogP contribution in [0, 0.1) is 5.82 Å². The van der Waals surface area contributed by atoms with Gasteiger partial charge in [0.15, 0.2) is 0 Å². The van der Waals surface area contributed by atoms with Crippen molar-refractivity contribution in [1.82, 2.24) is 29.9 Å². The van der Waals surface area contributed by atoms with Gasteiger partial charge in [-0.05, 0) is 38.0 Å². The number of hydrogen-bond acceptors (Lipinski definition) is 7. The van der Waals surface area contributed by atoms with Crippen molar-refractivity contribution < 1.29 is 9.13 Å². The standard InChI is InChI=1S/C23H21ClFN7O2/c1-12-9-31(11-19(34-12)13-7-27-32(10-13)15-3-4-15)23-28-20(16-5-2-14(24)6-18(16)25)17-8-26-30-22(33)21(17)29-23/h2,5-8,10,12,15,19H,3-4,9,11H2,1H3,(H,30,33). The van der Waals surface area contributed by atoms with Gasteiger partial charge in [-0.25, -0.2) is 19.5 Å². The molecule has 1 saturated heterocycles. The highest BCUT2D eigenvalue weighted by atomic mass is 35.5. The minimum atomic E-state index is -0.542. The molecular formula is C23H21ClFN7O2. The molecule has 4 aromatic rings. The van der Waals surface area contributed by atoms with E-state index >= 15 is 0 Å². The Bertz CT molecular complexity index is 1450. The molecule has 11 heteroatoms. The number of aromatic nitrogens is 6. The number of ether oxygens (including phenoxy) is 1. The predicted octanol–water partition coefficient (Wildman–Crippen LogP) is 3.67. The van der Waals surface area contributed by atoms with Gasteiger partial charge >= 0.3 is 0 Å². The number of anilines is 1. The van der Waals surface area contributed by atoms with Crippen LogP contribution in [0.2, 0.25) is 5.02 Å². The van der Waals surface area contributed by atoms with E-state index in [0.29, 0.717) is 30.5 Å². The zero-order valence-corrected chi connectivity index (χ0v) is 19.0. The summed E-state index contributed by atoms with van der Waals surface area (Å²) in [5.41, 5.74) is 1.15. The van der Waals surface area contributed by atoms with E-state index in [1.807, 2.05) is 28.9 Å². The fourth-order valence-corrected chi connectivity index (χ4v) is 4.51. The second-order valence-corrected chi connectivity index (χ2v) is 9.22. The number of benzene rings is 1. The average molecular weight is 482 g/mol. The van der Waals surface area contributed by atoms with Gasteiger partial charge in [0.05, 0.1) is 42.2 Å².